The molecule has 67 heavy (non-hydrogen) atoms. The summed E-state index contributed by atoms with van der Waals surface area (Å²) in [6.07, 6.45) is 0. The van der Waals surface area contributed by atoms with Crippen molar-refractivity contribution in [3.63, 3.8) is 0 Å². The Bertz CT molecular complexity index is 4650. The molecular formula is C64H40N2O. The number of hydrogen-bond acceptors (Lipinski definition) is 1. The van der Waals surface area contributed by atoms with E-state index in [0.29, 0.717) is 6.61 Å². The molecule has 0 aliphatic heterocycles. The van der Waals surface area contributed by atoms with Crippen molar-refractivity contribution in [2.75, 3.05) is 6.61 Å². The van der Waals surface area contributed by atoms with Crippen LogP contribution >= 0.6 is 0 Å². The van der Waals surface area contributed by atoms with E-state index in [9.17, 15) is 0 Å². The summed E-state index contributed by atoms with van der Waals surface area (Å²) in [4.78, 5) is 0. The summed E-state index contributed by atoms with van der Waals surface area (Å²) >= 11 is 0. The highest BCUT2D eigenvalue weighted by molar-refractivity contribution is 6.35. The lowest BCUT2D eigenvalue weighted by Gasteiger charge is -2.17. The Hall–Kier alpha value is -8.66. The van der Waals surface area contributed by atoms with Crippen molar-refractivity contribution in [3.05, 3.63) is 212 Å². The van der Waals surface area contributed by atoms with E-state index < -0.39 is 0 Å². The Morgan fingerprint density at radius 3 is 1.13 bits per heavy atom. The summed E-state index contributed by atoms with van der Waals surface area (Å²) in [5, 5.41) is 24.8. The highest BCUT2D eigenvalue weighted by Gasteiger charge is 2.21. The molecule has 0 bridgehead atoms. The van der Waals surface area contributed by atoms with Gasteiger partial charge in [0.1, 0.15) is 5.75 Å². The van der Waals surface area contributed by atoms with Gasteiger partial charge in [-0.05, 0) is 178 Å². The molecule has 0 spiro atoms. The first-order valence-corrected chi connectivity index (χ1v) is 23.4. The van der Waals surface area contributed by atoms with Gasteiger partial charge in [0.25, 0.3) is 0 Å². The number of nitrogens with zero attached hydrogens (tertiary/aromatic N) is 2. The first kappa shape index (κ1) is 36.7. The molecule has 15 rings (SSSR count). The minimum Gasteiger partial charge on any atom is -0.494 e. The minimum absolute atomic E-state index is 0.603. The molecule has 0 atom stereocenters. The third kappa shape index (κ3) is 5.17. The van der Waals surface area contributed by atoms with Gasteiger partial charge >= 0.3 is 0 Å². The van der Waals surface area contributed by atoms with Gasteiger partial charge in [0.15, 0.2) is 0 Å². The van der Waals surface area contributed by atoms with Gasteiger partial charge in [0.2, 0.25) is 0 Å². The third-order valence-electron chi connectivity index (χ3n) is 14.7. The van der Waals surface area contributed by atoms with E-state index in [-0.39, 0.29) is 0 Å². The zero-order valence-electron chi connectivity index (χ0n) is 36.7. The van der Waals surface area contributed by atoms with E-state index in [1.54, 1.807) is 0 Å². The maximum atomic E-state index is 6.26. The summed E-state index contributed by atoms with van der Waals surface area (Å²) in [5.74, 6) is 0.883. The minimum atomic E-state index is 0.603. The van der Waals surface area contributed by atoms with Crippen LogP contribution in [0.15, 0.2) is 212 Å². The van der Waals surface area contributed by atoms with Crippen LogP contribution in [0.4, 0.5) is 0 Å². The van der Waals surface area contributed by atoms with Crippen molar-refractivity contribution < 1.29 is 4.74 Å². The fourth-order valence-corrected chi connectivity index (χ4v) is 11.8. The van der Waals surface area contributed by atoms with Crippen LogP contribution in [0, 0.1) is 0 Å². The van der Waals surface area contributed by atoms with E-state index in [2.05, 4.69) is 228 Å². The summed E-state index contributed by atoms with van der Waals surface area (Å²) in [6.45, 7) is 2.67. The molecule has 3 heteroatoms. The molecule has 0 saturated carbocycles. The fourth-order valence-electron chi connectivity index (χ4n) is 11.8. The number of benzene rings is 13. The fraction of sp³-hybridized carbons (Fsp3) is 0.0312. The summed E-state index contributed by atoms with van der Waals surface area (Å²) in [7, 11) is 0. The van der Waals surface area contributed by atoms with Crippen LogP contribution in [0.3, 0.4) is 0 Å². The molecule has 3 nitrogen and oxygen atoms in total. The van der Waals surface area contributed by atoms with Gasteiger partial charge in [-0.25, -0.2) is 0 Å². The van der Waals surface area contributed by atoms with Crippen LogP contribution in [-0.2, 0) is 0 Å². The molecule has 0 aliphatic rings. The molecule has 0 unspecified atom stereocenters. The van der Waals surface area contributed by atoms with E-state index in [1.807, 2.05) is 0 Å². The van der Waals surface area contributed by atoms with Crippen LogP contribution in [-0.4, -0.2) is 15.7 Å². The van der Waals surface area contributed by atoms with Crippen molar-refractivity contribution in [3.8, 4) is 17.1 Å². The number of ether oxygens (including phenoxy) is 1. The van der Waals surface area contributed by atoms with E-state index in [0.717, 1.165) is 11.4 Å². The highest BCUT2D eigenvalue weighted by atomic mass is 16.5. The van der Waals surface area contributed by atoms with Crippen molar-refractivity contribution >= 4 is 130 Å². The van der Waals surface area contributed by atoms with Gasteiger partial charge in [-0.2, -0.15) is 0 Å². The van der Waals surface area contributed by atoms with Gasteiger partial charge in [0, 0.05) is 32.9 Å². The number of para-hydroxylation sites is 2. The Balaban J connectivity index is 1.08. The Morgan fingerprint density at radius 2 is 0.642 bits per heavy atom. The zero-order chi connectivity index (χ0) is 43.9. The number of aromatic nitrogens is 2. The molecule has 0 aliphatic carbocycles. The predicted octanol–water partition coefficient (Wildman–Crippen LogP) is 17.5. The van der Waals surface area contributed by atoms with Crippen molar-refractivity contribution in [1.82, 2.24) is 9.13 Å². The van der Waals surface area contributed by atoms with Crippen LogP contribution < -0.4 is 4.74 Å². The van der Waals surface area contributed by atoms with Gasteiger partial charge in [-0.1, -0.05) is 127 Å². The zero-order valence-corrected chi connectivity index (χ0v) is 36.7. The van der Waals surface area contributed by atoms with Crippen LogP contribution in [0.25, 0.3) is 141 Å². The molecule has 0 N–H and O–H groups in total. The van der Waals surface area contributed by atoms with Gasteiger partial charge < -0.3 is 13.9 Å². The number of rotatable bonds is 4. The lowest BCUT2D eigenvalue weighted by Crippen LogP contribution is -1.95. The second-order valence-electron chi connectivity index (χ2n) is 18.2. The Morgan fingerprint density at radius 1 is 0.269 bits per heavy atom. The van der Waals surface area contributed by atoms with Crippen LogP contribution in [0.5, 0.6) is 5.75 Å². The largest absolute Gasteiger partial charge is 0.494 e. The maximum absolute atomic E-state index is 6.26. The second kappa shape index (κ2) is 13.7. The molecule has 15 aromatic rings. The molecule has 0 saturated heterocycles. The SMILES string of the molecule is CCOc1ccc2c(c1)c1cc3c(cc1c1cc4c5ccccc5n(-c5ccc6ccccc6c5)c4cc21)c1ccccc1c1cc2c(cc31)c1ccccc1n2-c1ccc2ccccc2c1. The predicted molar refractivity (Wildman–Crippen MR) is 286 cm³/mol. The maximum Gasteiger partial charge on any atom is 0.119 e. The summed E-state index contributed by atoms with van der Waals surface area (Å²) < 4.78 is 11.2. The average Bonchev–Trinajstić information content (AvgIpc) is 3.89. The average molecular weight is 853 g/mol. The topological polar surface area (TPSA) is 19.1 Å². The molecule has 2 heterocycles. The first-order chi connectivity index (χ1) is 33.2. The Labute approximate surface area is 384 Å². The number of fused-ring (bicyclic) bond motifs is 20. The lowest BCUT2D eigenvalue weighted by atomic mass is 9.87. The van der Waals surface area contributed by atoms with Crippen molar-refractivity contribution in [2.45, 2.75) is 6.92 Å². The van der Waals surface area contributed by atoms with E-state index in [4.69, 9.17) is 4.74 Å². The molecular weight excluding hydrogens is 813 g/mol. The lowest BCUT2D eigenvalue weighted by molar-refractivity contribution is 0.341. The van der Waals surface area contributed by atoms with Crippen molar-refractivity contribution in [1.29, 1.82) is 0 Å². The van der Waals surface area contributed by atoms with E-state index >= 15 is 0 Å². The molecule has 2 aromatic heterocycles. The van der Waals surface area contributed by atoms with Gasteiger partial charge in [0.05, 0.1) is 28.7 Å². The first-order valence-electron chi connectivity index (χ1n) is 23.4. The smallest absolute Gasteiger partial charge is 0.119 e. The van der Waals surface area contributed by atoms with Crippen LogP contribution in [0.1, 0.15) is 6.92 Å². The third-order valence-corrected chi connectivity index (χ3v) is 14.7. The van der Waals surface area contributed by atoms with E-state index in [1.165, 1.54) is 135 Å². The van der Waals surface area contributed by atoms with Crippen LogP contribution in [0.2, 0.25) is 0 Å². The quantitative estimate of drug-likeness (QED) is 0.127. The molecule has 0 amide bonds. The highest BCUT2D eigenvalue weighted by Crippen LogP contribution is 2.47. The second-order valence-corrected chi connectivity index (χ2v) is 18.2. The van der Waals surface area contributed by atoms with Crippen molar-refractivity contribution in [2.24, 2.45) is 0 Å². The number of hydrogen-bond donors (Lipinski definition) is 0. The summed E-state index contributed by atoms with van der Waals surface area (Å²) in [5.41, 5.74) is 7.13. The monoisotopic (exact) mass is 852 g/mol. The molecule has 13 aromatic carbocycles. The summed E-state index contributed by atoms with van der Waals surface area (Å²) in [6, 6.07) is 79.3. The standard InChI is InChI=1S/C64H40N2O/c1-2-67-44-27-28-47-50(31-44)52-33-53-51(32-54(52)56-35-60-49-20-10-12-22-62(49)66(64(60)37-58(47)56)43-26-24-39-14-4-6-16-41(39)30-43)45-17-7-8-18-46(45)57-36-63-59(34-55(53)57)48-19-9-11-21-61(48)65(63)42-25-23-38-13-3-5-15-40(38)29-42/h3-37H,2H2,1H3. The molecule has 0 radical (unpaired) electrons. The molecule has 312 valence electrons. The van der Waals surface area contributed by atoms with Gasteiger partial charge in [-0.3, -0.25) is 0 Å². The normalized spacial score (nSPS) is 12.3. The molecule has 0 fully saturated rings. The van der Waals surface area contributed by atoms with Gasteiger partial charge in [-0.15, -0.1) is 0 Å². The Kier molecular flexibility index (Phi) is 7.48.